The van der Waals surface area contributed by atoms with Crippen molar-refractivity contribution in [1.29, 1.82) is 0 Å². The van der Waals surface area contributed by atoms with E-state index in [1.807, 2.05) is 48.5 Å². The number of ether oxygens (including phenoxy) is 1. The number of morpholine rings is 1. The number of fused-ring (bicyclic) bond motifs is 1. The Balaban J connectivity index is 1.01. The molecule has 0 unspecified atom stereocenters. The minimum Gasteiger partial charge on any atom is -0.378 e. The van der Waals surface area contributed by atoms with Gasteiger partial charge in [0.25, 0.3) is 0 Å². The molecule has 2 aliphatic heterocycles. The number of carbonyl (C=O) groups is 1. The second-order valence-electron chi connectivity index (χ2n) is 9.68. The summed E-state index contributed by atoms with van der Waals surface area (Å²) in [6.45, 7) is 4.84. The number of aromatic nitrogens is 3. The Hall–Kier alpha value is -4.24. The lowest BCUT2D eigenvalue weighted by molar-refractivity contribution is -0.120. The molecule has 2 saturated heterocycles. The van der Waals surface area contributed by atoms with E-state index in [0.717, 1.165) is 86.0 Å². The van der Waals surface area contributed by atoms with Crippen LogP contribution in [0.4, 0.5) is 28.8 Å². The fourth-order valence-corrected chi connectivity index (χ4v) is 5.09. The molecule has 0 saturated carbocycles. The highest BCUT2D eigenvalue weighted by molar-refractivity contribution is 5.93. The molecule has 0 spiro atoms. The maximum Gasteiger partial charge on any atom is 0.227 e. The molecule has 2 aromatic carbocycles. The second kappa shape index (κ2) is 11.0. The molecule has 2 N–H and O–H groups in total. The predicted molar refractivity (Wildman–Crippen MR) is 150 cm³/mol. The van der Waals surface area contributed by atoms with Gasteiger partial charge in [-0.3, -0.25) is 4.79 Å². The smallest absolute Gasteiger partial charge is 0.227 e. The van der Waals surface area contributed by atoms with Gasteiger partial charge in [0.2, 0.25) is 5.91 Å². The van der Waals surface area contributed by atoms with E-state index in [2.05, 4.69) is 53.8 Å². The first-order valence-corrected chi connectivity index (χ1v) is 13.2. The van der Waals surface area contributed by atoms with Gasteiger partial charge >= 0.3 is 0 Å². The summed E-state index contributed by atoms with van der Waals surface area (Å²) in [7, 11) is 0. The molecule has 2 aliphatic rings. The molecule has 2 fully saturated rings. The van der Waals surface area contributed by atoms with Crippen LogP contribution in [0, 0.1) is 5.92 Å². The largest absolute Gasteiger partial charge is 0.378 e. The Morgan fingerprint density at radius 3 is 2.39 bits per heavy atom. The Kier molecular flexibility index (Phi) is 6.99. The van der Waals surface area contributed by atoms with Crippen molar-refractivity contribution in [2.24, 2.45) is 5.92 Å². The fourth-order valence-electron chi connectivity index (χ4n) is 5.09. The molecule has 0 radical (unpaired) electrons. The van der Waals surface area contributed by atoms with Gasteiger partial charge in [-0.1, -0.05) is 24.3 Å². The zero-order chi connectivity index (χ0) is 25.7. The second-order valence-corrected chi connectivity index (χ2v) is 9.68. The number of anilines is 5. The number of hydrogen-bond acceptors (Lipinski definition) is 8. The Bertz CT molecular complexity index is 1380. The molecule has 4 heterocycles. The first-order valence-electron chi connectivity index (χ1n) is 13.2. The zero-order valence-corrected chi connectivity index (χ0v) is 21.2. The molecule has 6 rings (SSSR count). The number of nitrogens with zero attached hydrogens (tertiary/aromatic N) is 5. The molecule has 1 amide bonds. The lowest BCUT2D eigenvalue weighted by atomic mass is 9.96. The third-order valence-corrected chi connectivity index (χ3v) is 7.27. The van der Waals surface area contributed by atoms with Gasteiger partial charge in [-0.25, -0.2) is 4.98 Å². The Morgan fingerprint density at radius 2 is 1.63 bits per heavy atom. The molecule has 9 heteroatoms. The van der Waals surface area contributed by atoms with Crippen molar-refractivity contribution < 1.29 is 9.53 Å². The van der Waals surface area contributed by atoms with E-state index in [4.69, 9.17) is 4.74 Å². The topological polar surface area (TPSA) is 95.5 Å². The number of pyridine rings is 1. The van der Waals surface area contributed by atoms with E-state index >= 15 is 0 Å². The summed E-state index contributed by atoms with van der Waals surface area (Å²) < 4.78 is 5.43. The lowest BCUT2D eigenvalue weighted by Crippen LogP contribution is -2.38. The van der Waals surface area contributed by atoms with Crippen molar-refractivity contribution in [3.63, 3.8) is 0 Å². The molecule has 194 valence electrons. The summed E-state index contributed by atoms with van der Waals surface area (Å²) >= 11 is 0. The van der Waals surface area contributed by atoms with Gasteiger partial charge < -0.3 is 25.2 Å². The van der Waals surface area contributed by atoms with E-state index in [1.165, 1.54) is 0 Å². The number of amides is 1. The number of carbonyl (C=O) groups excluding carboxylic acids is 1. The standard InChI is InChI=1S/C29H31N7O2/c37-29(31-23-5-7-24(8-6-23)35-17-19-38-20-18-35)22-12-15-36(16-13-22)27-10-9-26(33-34-27)32-28-25-4-2-1-3-21(25)11-14-30-28/h1-11,14,22H,12-13,15-20H2,(H,31,37)(H,30,32,33). The van der Waals surface area contributed by atoms with Crippen LogP contribution in [-0.2, 0) is 9.53 Å². The SMILES string of the molecule is O=C(Nc1ccc(N2CCOCC2)cc1)C1CCN(c2ccc(Nc3nccc4ccccc34)nn2)CC1. The van der Waals surface area contributed by atoms with Crippen LogP contribution >= 0.6 is 0 Å². The van der Waals surface area contributed by atoms with Gasteiger partial charge in [-0.2, -0.15) is 0 Å². The van der Waals surface area contributed by atoms with Crippen molar-refractivity contribution in [3.05, 3.63) is 72.9 Å². The zero-order valence-electron chi connectivity index (χ0n) is 21.2. The molecule has 38 heavy (non-hydrogen) atoms. The van der Waals surface area contributed by atoms with Crippen molar-refractivity contribution in [2.45, 2.75) is 12.8 Å². The lowest BCUT2D eigenvalue weighted by Gasteiger charge is -2.32. The molecule has 9 nitrogen and oxygen atoms in total. The van der Waals surface area contributed by atoms with Crippen LogP contribution in [0.5, 0.6) is 0 Å². The van der Waals surface area contributed by atoms with Crippen molar-refractivity contribution in [2.75, 3.05) is 59.8 Å². The first kappa shape index (κ1) is 24.1. The molecule has 0 bridgehead atoms. The van der Waals surface area contributed by atoms with Crippen LogP contribution in [0.1, 0.15) is 12.8 Å². The third kappa shape index (κ3) is 5.38. The maximum absolute atomic E-state index is 12.9. The minimum atomic E-state index is -0.0171. The van der Waals surface area contributed by atoms with Crippen molar-refractivity contribution in [1.82, 2.24) is 15.2 Å². The molecule has 2 aromatic heterocycles. The molecule has 0 atom stereocenters. The summed E-state index contributed by atoms with van der Waals surface area (Å²) in [4.78, 5) is 21.9. The Morgan fingerprint density at radius 1 is 0.842 bits per heavy atom. The number of hydrogen-bond donors (Lipinski definition) is 2. The molecule has 4 aromatic rings. The highest BCUT2D eigenvalue weighted by atomic mass is 16.5. The molecular weight excluding hydrogens is 478 g/mol. The molecular formula is C29H31N7O2. The average Bonchev–Trinajstić information content (AvgIpc) is 2.99. The third-order valence-electron chi connectivity index (χ3n) is 7.27. The predicted octanol–water partition coefficient (Wildman–Crippen LogP) is 4.46. The van der Waals surface area contributed by atoms with Gasteiger partial charge in [0.15, 0.2) is 11.6 Å². The van der Waals surface area contributed by atoms with Crippen molar-refractivity contribution >= 4 is 45.5 Å². The summed E-state index contributed by atoms with van der Waals surface area (Å²) in [6, 6.07) is 22.1. The van der Waals surface area contributed by atoms with Gasteiger partial charge in [0, 0.05) is 55.1 Å². The summed E-state index contributed by atoms with van der Waals surface area (Å²) in [5, 5.41) is 17.3. The maximum atomic E-state index is 12.9. The number of rotatable bonds is 6. The van der Waals surface area contributed by atoms with Crippen LogP contribution in [0.25, 0.3) is 10.8 Å². The number of benzene rings is 2. The summed E-state index contributed by atoms with van der Waals surface area (Å²) in [6.07, 6.45) is 3.34. The Labute approximate surface area is 221 Å². The van der Waals surface area contributed by atoms with E-state index in [0.29, 0.717) is 5.82 Å². The normalized spacial score (nSPS) is 16.4. The van der Waals surface area contributed by atoms with Gasteiger partial charge in [0.05, 0.1) is 13.2 Å². The average molecular weight is 510 g/mol. The summed E-state index contributed by atoms with van der Waals surface area (Å²) in [5.41, 5.74) is 2.00. The number of nitrogens with one attached hydrogen (secondary N) is 2. The van der Waals surface area contributed by atoms with Crippen molar-refractivity contribution in [3.8, 4) is 0 Å². The van der Waals surface area contributed by atoms with Crippen LogP contribution < -0.4 is 20.4 Å². The minimum absolute atomic E-state index is 0.0171. The van der Waals surface area contributed by atoms with Gasteiger partial charge in [0.1, 0.15) is 5.82 Å². The number of piperidine rings is 1. The monoisotopic (exact) mass is 509 g/mol. The van der Waals surface area contributed by atoms with Gasteiger partial charge in [-0.05, 0) is 60.7 Å². The van der Waals surface area contributed by atoms with E-state index < -0.39 is 0 Å². The fraction of sp³-hybridized carbons (Fsp3) is 0.310. The van der Waals surface area contributed by atoms with E-state index in [9.17, 15) is 4.79 Å². The summed E-state index contributed by atoms with van der Waals surface area (Å²) in [5.74, 6) is 2.28. The quantitative estimate of drug-likeness (QED) is 0.393. The van der Waals surface area contributed by atoms with E-state index in [1.54, 1.807) is 6.20 Å². The van der Waals surface area contributed by atoms with Gasteiger partial charge in [-0.15, -0.1) is 10.2 Å². The highest BCUT2D eigenvalue weighted by Gasteiger charge is 2.26. The van der Waals surface area contributed by atoms with E-state index in [-0.39, 0.29) is 11.8 Å². The first-order chi connectivity index (χ1) is 18.7. The molecule has 0 aliphatic carbocycles. The van der Waals surface area contributed by atoms with Crippen LogP contribution in [0.3, 0.4) is 0 Å². The van der Waals surface area contributed by atoms with Crippen LogP contribution in [0.15, 0.2) is 72.9 Å². The highest BCUT2D eigenvalue weighted by Crippen LogP contribution is 2.26. The van der Waals surface area contributed by atoms with Crippen LogP contribution in [-0.4, -0.2) is 60.5 Å². The van der Waals surface area contributed by atoms with Crippen LogP contribution in [0.2, 0.25) is 0 Å².